The Hall–Kier alpha value is -0.0500. The standard InChI is InChI=1S/C4H4S.HO2PS/c1-2-4-5-3-1;1-3-4-2/h1-4H;4H. The molecule has 0 saturated heterocycles. The summed E-state index contributed by atoms with van der Waals surface area (Å²) in [6, 6.07) is 4.04. The number of hydrogen-bond acceptors (Lipinski definition) is 3. The van der Waals surface area contributed by atoms with Crippen molar-refractivity contribution >= 4 is 30.3 Å². The molecule has 0 spiro atoms. The third-order valence-corrected chi connectivity index (χ3v) is 1.35. The second-order valence-electron chi connectivity index (χ2n) is 0.956. The number of hydrogen-bond donors (Lipinski definition) is 1. The Labute approximate surface area is 62.4 Å². The molecule has 1 aromatic heterocycles. The fraction of sp³-hybridized carbons (Fsp3) is 0. The summed E-state index contributed by atoms with van der Waals surface area (Å²) in [5.74, 6) is 0. The maximum absolute atomic E-state index is 8.95. The molecule has 0 bridgehead atoms. The molecule has 9 heavy (non-hydrogen) atoms. The molecule has 0 radical (unpaired) electrons. The Morgan fingerprint density at radius 3 is 1.89 bits per heavy atom. The first-order chi connectivity index (χ1) is 4.41. The molecule has 2 nitrogen and oxygen atoms in total. The maximum atomic E-state index is 8.95. The van der Waals surface area contributed by atoms with Crippen LogP contribution in [0.2, 0.25) is 0 Å². The van der Waals surface area contributed by atoms with Gasteiger partial charge in [-0.3, -0.25) is 8.77 Å². The van der Waals surface area contributed by atoms with Crippen LogP contribution < -0.4 is 0 Å². The summed E-state index contributed by atoms with van der Waals surface area (Å²) in [6.45, 7) is 0. The largest absolute Gasteiger partial charge is 0.260 e. The van der Waals surface area contributed by atoms with Crippen LogP contribution >= 0.6 is 19.0 Å². The zero-order valence-electron chi connectivity index (χ0n) is 4.43. The highest BCUT2D eigenvalue weighted by molar-refractivity contribution is 8.23. The van der Waals surface area contributed by atoms with Crippen molar-refractivity contribution in [2.75, 3.05) is 0 Å². The molecule has 0 aromatic carbocycles. The Bertz CT molecular complexity index is 128. The van der Waals surface area contributed by atoms with Crippen LogP contribution in [0.15, 0.2) is 22.9 Å². The lowest BCUT2D eigenvalue weighted by Crippen LogP contribution is -1.20. The van der Waals surface area contributed by atoms with Gasteiger partial charge in [0, 0.05) is 0 Å². The van der Waals surface area contributed by atoms with E-state index in [1.54, 1.807) is 11.3 Å². The third-order valence-electron chi connectivity index (χ3n) is 0.459. The molecule has 0 saturated carbocycles. The molecule has 0 fully saturated rings. The van der Waals surface area contributed by atoms with E-state index >= 15 is 0 Å². The summed E-state index contributed by atoms with van der Waals surface area (Å²) in [5.41, 5.74) is 0. The highest BCUT2D eigenvalue weighted by Gasteiger charge is 1.58. The third kappa shape index (κ3) is 7.95. The minimum Gasteiger partial charge on any atom is -0.260 e. The molecule has 0 N–H and O–H groups in total. The first-order valence-electron chi connectivity index (χ1n) is 2.04. The summed E-state index contributed by atoms with van der Waals surface area (Å²) in [5, 5.41) is 4.08. The minimum atomic E-state index is -0.335. The van der Waals surface area contributed by atoms with E-state index in [0.717, 1.165) is 0 Å². The summed E-state index contributed by atoms with van der Waals surface area (Å²) < 4.78 is 17.9. The Balaban J connectivity index is 0.000000148. The molecule has 1 heterocycles. The molecule has 1 rings (SSSR count). The molecule has 0 aliphatic heterocycles. The number of thiol groups is 1. The van der Waals surface area contributed by atoms with Gasteiger partial charge in [-0.2, -0.15) is 11.3 Å². The molecule has 50 valence electrons. The molecule has 0 aliphatic rings. The fourth-order valence-corrected chi connectivity index (χ4v) is 0.680. The van der Waals surface area contributed by atoms with Gasteiger partial charge in [-0.05, 0) is 10.8 Å². The summed E-state index contributed by atoms with van der Waals surface area (Å²) in [4.78, 5) is 0. The molecular weight excluding hydrogens is 175 g/mol. The minimum absolute atomic E-state index is 0.335. The van der Waals surface area contributed by atoms with Crippen LogP contribution in [0, 0.1) is 0 Å². The van der Waals surface area contributed by atoms with Crippen molar-refractivity contribution in [1.82, 2.24) is 0 Å². The van der Waals surface area contributed by atoms with Crippen LogP contribution in [0.5, 0.6) is 0 Å². The van der Waals surface area contributed by atoms with Crippen molar-refractivity contribution in [3.63, 3.8) is 0 Å². The van der Waals surface area contributed by atoms with Gasteiger partial charge in [-0.25, -0.2) is 0 Å². The van der Waals surface area contributed by atoms with Crippen molar-refractivity contribution in [3.8, 4) is 0 Å². The second-order valence-corrected chi connectivity index (χ2v) is 3.08. The van der Waals surface area contributed by atoms with E-state index in [9.17, 15) is 0 Å². The van der Waals surface area contributed by atoms with Gasteiger partial charge in [0.25, 0.3) is 7.66 Å². The van der Waals surface area contributed by atoms with Gasteiger partial charge in [-0.1, -0.05) is 12.1 Å². The quantitative estimate of drug-likeness (QED) is 0.529. The summed E-state index contributed by atoms with van der Waals surface area (Å²) >= 11 is 1.38. The van der Waals surface area contributed by atoms with Crippen molar-refractivity contribution in [3.05, 3.63) is 22.9 Å². The first-order valence-corrected chi connectivity index (χ1v) is 5.31. The van der Waals surface area contributed by atoms with Crippen LogP contribution in [0.3, 0.4) is 0 Å². The van der Waals surface area contributed by atoms with Gasteiger partial charge in [0.2, 0.25) is 0 Å². The predicted octanol–water partition coefficient (Wildman–Crippen LogP) is 1.89. The monoisotopic (exact) mass is 180 g/mol. The zero-order valence-corrected chi connectivity index (χ0v) is 7.03. The van der Waals surface area contributed by atoms with Crippen molar-refractivity contribution in [2.24, 2.45) is 0 Å². The molecule has 0 unspecified atom stereocenters. The Morgan fingerprint density at radius 1 is 1.33 bits per heavy atom. The molecular formula is C4H5O2PS2. The second kappa shape index (κ2) is 7.95. The van der Waals surface area contributed by atoms with E-state index in [4.69, 9.17) is 8.77 Å². The summed E-state index contributed by atoms with van der Waals surface area (Å²) in [6.07, 6.45) is 0. The fourth-order valence-electron chi connectivity index (χ4n) is 0.227. The van der Waals surface area contributed by atoms with Gasteiger partial charge in [0.1, 0.15) is 11.3 Å². The van der Waals surface area contributed by atoms with Gasteiger partial charge in [0.15, 0.2) is 0 Å². The van der Waals surface area contributed by atoms with Crippen LogP contribution in [-0.4, -0.2) is 4.21 Å². The predicted molar refractivity (Wildman–Crippen MR) is 41.5 cm³/mol. The number of rotatable bonds is 1. The normalized spacial score (nSPS) is 8.00. The lowest BCUT2D eigenvalue weighted by atomic mass is 10.7. The van der Waals surface area contributed by atoms with Gasteiger partial charge >= 0.3 is 0 Å². The number of thiophene rings is 1. The lowest BCUT2D eigenvalue weighted by molar-refractivity contribution is 0.604. The van der Waals surface area contributed by atoms with Crippen LogP contribution in [0.25, 0.3) is 0 Å². The van der Waals surface area contributed by atoms with E-state index in [-0.39, 0.29) is 18.9 Å². The smallest absolute Gasteiger partial charge is 0.256 e. The van der Waals surface area contributed by atoms with Crippen molar-refractivity contribution in [1.29, 1.82) is 0 Å². The SMILES string of the molecule is O=P[SH]=O.c1ccsc1. The zero-order chi connectivity index (χ0) is 6.95. The van der Waals surface area contributed by atoms with Gasteiger partial charge in [0.05, 0.1) is 0 Å². The highest BCUT2D eigenvalue weighted by Crippen LogP contribution is 1.91. The molecule has 0 amide bonds. The van der Waals surface area contributed by atoms with E-state index < -0.39 is 0 Å². The first kappa shape index (κ1) is 8.95. The van der Waals surface area contributed by atoms with Crippen molar-refractivity contribution in [2.45, 2.75) is 0 Å². The average molecular weight is 180 g/mol. The molecule has 1 aromatic rings. The topological polar surface area (TPSA) is 34.1 Å². The van der Waals surface area contributed by atoms with E-state index in [0.29, 0.717) is 0 Å². The lowest BCUT2D eigenvalue weighted by Gasteiger charge is -1.39. The highest BCUT2D eigenvalue weighted by atomic mass is 32.7. The molecule has 0 atom stereocenters. The van der Waals surface area contributed by atoms with Gasteiger partial charge < -0.3 is 0 Å². The maximum Gasteiger partial charge on any atom is 0.256 e. The Kier molecular flexibility index (Phi) is 7.91. The van der Waals surface area contributed by atoms with Crippen LogP contribution in [0.4, 0.5) is 0 Å². The van der Waals surface area contributed by atoms with Gasteiger partial charge in [-0.15, -0.1) is 0 Å². The van der Waals surface area contributed by atoms with Crippen molar-refractivity contribution < 1.29 is 8.77 Å². The van der Waals surface area contributed by atoms with E-state index in [1.165, 1.54) is 0 Å². The molecule has 5 heteroatoms. The Morgan fingerprint density at radius 2 is 1.78 bits per heavy atom. The average Bonchev–Trinajstić information content (AvgIpc) is 2.43. The van der Waals surface area contributed by atoms with E-state index in [2.05, 4.69) is 0 Å². The van der Waals surface area contributed by atoms with Crippen LogP contribution in [0.1, 0.15) is 0 Å². The van der Waals surface area contributed by atoms with Crippen LogP contribution in [-0.2, 0) is 15.9 Å². The summed E-state index contributed by atoms with van der Waals surface area (Å²) in [7, 11) is -0.335. The molecule has 0 aliphatic carbocycles. The van der Waals surface area contributed by atoms with E-state index in [1.807, 2.05) is 22.9 Å².